The number of nitrogens with one attached hydrogen (secondary N) is 1. The Balaban J connectivity index is 1.33. The van der Waals surface area contributed by atoms with Crippen molar-refractivity contribution in [3.63, 3.8) is 0 Å². The number of methoxy groups -OCH3 is 1. The Morgan fingerprint density at radius 3 is 2.43 bits per heavy atom. The zero-order valence-corrected chi connectivity index (χ0v) is 20.0. The summed E-state index contributed by atoms with van der Waals surface area (Å²) in [7, 11) is 1.60. The summed E-state index contributed by atoms with van der Waals surface area (Å²) in [6.45, 7) is 2.09. The van der Waals surface area contributed by atoms with E-state index in [2.05, 4.69) is 32.4 Å². The average Bonchev–Trinajstić information content (AvgIpc) is 2.90. The van der Waals surface area contributed by atoms with Gasteiger partial charge in [0.05, 0.1) is 24.5 Å². The second-order valence-electron chi connectivity index (χ2n) is 7.77. The highest BCUT2D eigenvalue weighted by atomic mass is 35.5. The van der Waals surface area contributed by atoms with Crippen molar-refractivity contribution in [3.05, 3.63) is 89.7 Å². The van der Waals surface area contributed by atoms with E-state index >= 15 is 0 Å². The molecular formula is C27H22ClN5O2. The smallest absolute Gasteiger partial charge is 0.156 e. The molecule has 35 heavy (non-hydrogen) atoms. The van der Waals surface area contributed by atoms with Gasteiger partial charge in [0.15, 0.2) is 11.6 Å². The zero-order valence-electron chi connectivity index (χ0n) is 19.2. The van der Waals surface area contributed by atoms with E-state index in [1.807, 2.05) is 60.7 Å². The normalized spacial score (nSPS) is 10.8. The van der Waals surface area contributed by atoms with Crippen molar-refractivity contribution in [2.75, 3.05) is 12.4 Å². The van der Waals surface area contributed by atoms with Crippen LogP contribution in [0.3, 0.4) is 0 Å². The number of anilines is 2. The Kier molecular flexibility index (Phi) is 6.41. The molecular weight excluding hydrogens is 462 g/mol. The second kappa shape index (κ2) is 9.95. The van der Waals surface area contributed by atoms with Gasteiger partial charge in [-0.2, -0.15) is 0 Å². The quantitative estimate of drug-likeness (QED) is 0.271. The lowest BCUT2D eigenvalue weighted by atomic mass is 10.1. The van der Waals surface area contributed by atoms with Gasteiger partial charge in [0.2, 0.25) is 0 Å². The molecule has 0 amide bonds. The van der Waals surface area contributed by atoms with Crippen molar-refractivity contribution in [3.8, 4) is 28.5 Å². The fourth-order valence-electron chi connectivity index (χ4n) is 3.62. The Hall–Kier alpha value is -4.23. The van der Waals surface area contributed by atoms with E-state index in [0.717, 1.165) is 34.7 Å². The van der Waals surface area contributed by atoms with Gasteiger partial charge in [-0.3, -0.25) is 4.98 Å². The van der Waals surface area contributed by atoms with Gasteiger partial charge < -0.3 is 14.8 Å². The monoisotopic (exact) mass is 483 g/mol. The Bertz CT molecular complexity index is 1470. The van der Waals surface area contributed by atoms with Gasteiger partial charge in [0.25, 0.3) is 0 Å². The summed E-state index contributed by atoms with van der Waals surface area (Å²) >= 11 is 6.00. The summed E-state index contributed by atoms with van der Waals surface area (Å²) in [5.74, 6) is 2.67. The lowest BCUT2D eigenvalue weighted by Gasteiger charge is -2.12. The third-order valence-electron chi connectivity index (χ3n) is 5.49. The van der Waals surface area contributed by atoms with Crippen LogP contribution in [0.4, 0.5) is 11.5 Å². The summed E-state index contributed by atoms with van der Waals surface area (Å²) < 4.78 is 11.3. The number of aryl methyl sites for hydroxylation is 1. The lowest BCUT2D eigenvalue weighted by molar-refractivity contribution is 0.413. The summed E-state index contributed by atoms with van der Waals surface area (Å²) in [4.78, 5) is 8.77. The fraction of sp³-hybridized carbons (Fsp3) is 0.111. The minimum Gasteiger partial charge on any atom is -0.495 e. The Labute approximate surface area is 207 Å². The van der Waals surface area contributed by atoms with Crippen LogP contribution in [0.2, 0.25) is 5.02 Å². The molecule has 1 N–H and O–H groups in total. The molecule has 8 heteroatoms. The number of ether oxygens (including phenoxy) is 2. The average molecular weight is 484 g/mol. The first-order chi connectivity index (χ1) is 17.1. The SMILES string of the molecule is CCc1cc(-c2ccc(Cl)cc2)nnc1Nc1ccc(Oc2ccnc3cc(OC)cnc23)cc1. The highest BCUT2D eigenvalue weighted by Gasteiger charge is 2.10. The van der Waals surface area contributed by atoms with Crippen molar-refractivity contribution >= 4 is 34.1 Å². The van der Waals surface area contributed by atoms with E-state index in [0.29, 0.717) is 33.3 Å². The number of benzene rings is 2. The molecule has 3 aromatic heterocycles. The van der Waals surface area contributed by atoms with Crippen LogP contribution < -0.4 is 14.8 Å². The van der Waals surface area contributed by atoms with Crippen molar-refractivity contribution in [1.29, 1.82) is 0 Å². The third-order valence-corrected chi connectivity index (χ3v) is 5.74. The topological polar surface area (TPSA) is 82.1 Å². The zero-order chi connectivity index (χ0) is 24.2. The number of rotatable bonds is 7. The van der Waals surface area contributed by atoms with E-state index in [9.17, 15) is 0 Å². The maximum absolute atomic E-state index is 6.08. The number of hydrogen-bond acceptors (Lipinski definition) is 7. The largest absolute Gasteiger partial charge is 0.495 e. The molecule has 0 unspecified atom stereocenters. The number of halogens is 1. The van der Waals surface area contributed by atoms with Gasteiger partial charge in [0.1, 0.15) is 17.0 Å². The van der Waals surface area contributed by atoms with E-state index in [1.165, 1.54) is 0 Å². The van der Waals surface area contributed by atoms with Crippen LogP contribution in [0.1, 0.15) is 12.5 Å². The number of hydrogen-bond donors (Lipinski definition) is 1. The van der Waals surface area contributed by atoms with E-state index in [-0.39, 0.29) is 0 Å². The predicted molar refractivity (Wildman–Crippen MR) is 138 cm³/mol. The molecule has 0 aliphatic heterocycles. The first kappa shape index (κ1) is 22.6. The van der Waals surface area contributed by atoms with Crippen LogP contribution in [0.5, 0.6) is 17.2 Å². The van der Waals surface area contributed by atoms with Crippen molar-refractivity contribution in [2.24, 2.45) is 0 Å². The Morgan fingerprint density at radius 2 is 1.69 bits per heavy atom. The molecule has 0 saturated heterocycles. The van der Waals surface area contributed by atoms with Gasteiger partial charge >= 0.3 is 0 Å². The third kappa shape index (κ3) is 5.00. The first-order valence-electron chi connectivity index (χ1n) is 11.1. The summed E-state index contributed by atoms with van der Waals surface area (Å²) in [6.07, 6.45) is 4.15. The minimum atomic E-state index is 0.621. The minimum absolute atomic E-state index is 0.621. The number of fused-ring (bicyclic) bond motifs is 1. The number of nitrogens with zero attached hydrogens (tertiary/aromatic N) is 4. The van der Waals surface area contributed by atoms with Gasteiger partial charge in [0, 0.05) is 34.6 Å². The van der Waals surface area contributed by atoms with Crippen molar-refractivity contribution in [1.82, 2.24) is 20.2 Å². The summed E-state index contributed by atoms with van der Waals surface area (Å²) in [5, 5.41) is 12.9. The number of pyridine rings is 2. The van der Waals surface area contributed by atoms with E-state index < -0.39 is 0 Å². The molecule has 5 rings (SSSR count). The van der Waals surface area contributed by atoms with Crippen LogP contribution in [-0.2, 0) is 6.42 Å². The first-order valence-corrected chi connectivity index (χ1v) is 11.5. The van der Waals surface area contributed by atoms with Crippen LogP contribution in [0.25, 0.3) is 22.3 Å². The summed E-state index contributed by atoms with van der Waals surface area (Å²) in [6, 6.07) is 20.9. The highest BCUT2D eigenvalue weighted by Crippen LogP contribution is 2.30. The van der Waals surface area contributed by atoms with Gasteiger partial charge in [-0.05, 0) is 54.4 Å². The van der Waals surface area contributed by atoms with Gasteiger partial charge in [-0.25, -0.2) is 4.98 Å². The molecule has 3 heterocycles. The van der Waals surface area contributed by atoms with E-state index in [4.69, 9.17) is 21.1 Å². The molecule has 174 valence electrons. The van der Waals surface area contributed by atoms with Crippen molar-refractivity contribution < 1.29 is 9.47 Å². The van der Waals surface area contributed by atoms with Crippen LogP contribution in [-0.4, -0.2) is 27.3 Å². The molecule has 0 atom stereocenters. The molecule has 7 nitrogen and oxygen atoms in total. The van der Waals surface area contributed by atoms with Crippen molar-refractivity contribution in [2.45, 2.75) is 13.3 Å². The molecule has 2 aromatic carbocycles. The van der Waals surface area contributed by atoms with Crippen LogP contribution >= 0.6 is 11.6 Å². The Morgan fingerprint density at radius 1 is 0.886 bits per heavy atom. The number of aromatic nitrogens is 4. The molecule has 0 radical (unpaired) electrons. The maximum Gasteiger partial charge on any atom is 0.156 e. The molecule has 0 aliphatic carbocycles. The summed E-state index contributed by atoms with van der Waals surface area (Å²) in [5.41, 5.74) is 5.09. The highest BCUT2D eigenvalue weighted by molar-refractivity contribution is 6.30. The maximum atomic E-state index is 6.08. The van der Waals surface area contributed by atoms with E-state index in [1.54, 1.807) is 25.6 Å². The van der Waals surface area contributed by atoms with Gasteiger partial charge in [-0.15, -0.1) is 10.2 Å². The van der Waals surface area contributed by atoms with Gasteiger partial charge in [-0.1, -0.05) is 30.7 Å². The van der Waals surface area contributed by atoms with Crippen LogP contribution in [0.15, 0.2) is 79.1 Å². The standard InChI is InChI=1S/C27H22ClN5O2/c1-3-17-14-23(18-4-6-19(28)7-5-18)32-33-27(17)31-20-8-10-21(11-9-20)35-25-12-13-29-24-15-22(34-2)16-30-26(24)25/h4-16H,3H2,1-2H3,(H,31,33). The lowest BCUT2D eigenvalue weighted by Crippen LogP contribution is -2.02. The fourth-order valence-corrected chi connectivity index (χ4v) is 3.74. The second-order valence-corrected chi connectivity index (χ2v) is 8.20. The molecule has 0 aliphatic rings. The molecule has 5 aromatic rings. The molecule has 0 saturated carbocycles. The molecule has 0 spiro atoms. The molecule has 0 fully saturated rings. The molecule has 0 bridgehead atoms. The van der Waals surface area contributed by atoms with Crippen LogP contribution in [0, 0.1) is 0 Å². The predicted octanol–water partition coefficient (Wildman–Crippen LogP) is 6.85.